The van der Waals surface area contributed by atoms with Gasteiger partial charge in [0, 0.05) is 16.7 Å². The summed E-state index contributed by atoms with van der Waals surface area (Å²) >= 11 is 2.24. The molecule has 1 saturated heterocycles. The Labute approximate surface area is 123 Å². The Morgan fingerprint density at radius 3 is 2.56 bits per heavy atom. The van der Waals surface area contributed by atoms with E-state index in [0.717, 1.165) is 28.6 Å². The molecule has 1 heterocycles. The van der Waals surface area contributed by atoms with Gasteiger partial charge in [-0.1, -0.05) is 26.0 Å². The molecule has 0 saturated carbocycles. The number of nitrogens with zero attached hydrogens (tertiary/aromatic N) is 1. The molecular formula is C15H20INO. The first-order chi connectivity index (χ1) is 8.62. The van der Waals surface area contributed by atoms with Crippen molar-refractivity contribution in [2.24, 2.45) is 5.41 Å². The van der Waals surface area contributed by atoms with Gasteiger partial charge in [0.05, 0.1) is 5.56 Å². The highest BCUT2D eigenvalue weighted by molar-refractivity contribution is 14.1. The van der Waals surface area contributed by atoms with Gasteiger partial charge in [-0.2, -0.15) is 0 Å². The summed E-state index contributed by atoms with van der Waals surface area (Å²) in [6, 6.07) is 7.85. The fourth-order valence-electron chi connectivity index (χ4n) is 2.74. The van der Waals surface area contributed by atoms with Crippen LogP contribution in [-0.4, -0.2) is 23.9 Å². The smallest absolute Gasteiger partial charge is 0.254 e. The number of hydrogen-bond acceptors (Lipinski definition) is 1. The Morgan fingerprint density at radius 1 is 1.33 bits per heavy atom. The zero-order valence-corrected chi connectivity index (χ0v) is 13.2. The number of benzene rings is 1. The molecule has 1 aliphatic rings. The molecule has 0 radical (unpaired) electrons. The van der Waals surface area contributed by atoms with Crippen LogP contribution in [0.5, 0.6) is 0 Å². The van der Waals surface area contributed by atoms with Gasteiger partial charge in [0.2, 0.25) is 0 Å². The van der Waals surface area contributed by atoms with Crippen molar-refractivity contribution < 1.29 is 4.79 Å². The van der Waals surface area contributed by atoms with Gasteiger partial charge in [0.25, 0.3) is 5.91 Å². The molecule has 1 aromatic rings. The summed E-state index contributed by atoms with van der Waals surface area (Å²) in [5, 5.41) is 0. The van der Waals surface area contributed by atoms with E-state index < -0.39 is 0 Å². The molecule has 3 heteroatoms. The van der Waals surface area contributed by atoms with Crippen LogP contribution in [0, 0.1) is 8.99 Å². The largest absolute Gasteiger partial charge is 0.338 e. The molecule has 1 fully saturated rings. The van der Waals surface area contributed by atoms with E-state index in [0.29, 0.717) is 5.41 Å². The lowest BCUT2D eigenvalue weighted by Crippen LogP contribution is -2.32. The minimum Gasteiger partial charge on any atom is -0.338 e. The molecule has 1 aliphatic heterocycles. The van der Waals surface area contributed by atoms with Crippen molar-refractivity contribution in [3.63, 3.8) is 0 Å². The second kappa shape index (κ2) is 5.59. The summed E-state index contributed by atoms with van der Waals surface area (Å²) in [4.78, 5) is 14.5. The summed E-state index contributed by atoms with van der Waals surface area (Å²) in [5.41, 5.74) is 1.21. The lowest BCUT2D eigenvalue weighted by atomic mass is 9.82. The average molecular weight is 357 g/mol. The van der Waals surface area contributed by atoms with Gasteiger partial charge in [-0.05, 0) is 59.4 Å². The molecule has 0 aliphatic carbocycles. The van der Waals surface area contributed by atoms with Crippen LogP contribution < -0.4 is 0 Å². The van der Waals surface area contributed by atoms with Crippen LogP contribution in [0.25, 0.3) is 0 Å². The third kappa shape index (κ3) is 2.56. The van der Waals surface area contributed by atoms with Gasteiger partial charge in [-0.3, -0.25) is 4.79 Å². The quantitative estimate of drug-likeness (QED) is 0.751. The van der Waals surface area contributed by atoms with Crippen molar-refractivity contribution in [2.45, 2.75) is 33.1 Å². The maximum absolute atomic E-state index is 12.5. The number of likely N-dealkylation sites (tertiary alicyclic amines) is 1. The Kier molecular flexibility index (Phi) is 4.30. The maximum atomic E-state index is 12.5. The number of halogens is 1. The fourth-order valence-corrected chi connectivity index (χ4v) is 3.36. The third-order valence-corrected chi connectivity index (χ3v) is 5.27. The second-order valence-corrected chi connectivity index (χ2v) is 6.33. The first-order valence-corrected chi connectivity index (χ1v) is 7.73. The van der Waals surface area contributed by atoms with Crippen molar-refractivity contribution >= 4 is 28.5 Å². The maximum Gasteiger partial charge on any atom is 0.254 e. The lowest BCUT2D eigenvalue weighted by Gasteiger charge is -2.26. The first kappa shape index (κ1) is 13.8. The summed E-state index contributed by atoms with van der Waals surface area (Å²) in [6.45, 7) is 6.31. The highest BCUT2D eigenvalue weighted by atomic mass is 127. The Hall–Kier alpha value is -0.580. The van der Waals surface area contributed by atoms with Gasteiger partial charge in [-0.15, -0.1) is 0 Å². The predicted octanol–water partition coefficient (Wildman–Crippen LogP) is 3.94. The molecular weight excluding hydrogens is 337 g/mol. The number of carbonyl (C=O) groups is 1. The Balaban J connectivity index is 2.15. The molecule has 1 aromatic carbocycles. The van der Waals surface area contributed by atoms with E-state index in [-0.39, 0.29) is 5.91 Å². The third-order valence-electron chi connectivity index (χ3n) is 4.33. The molecule has 0 bridgehead atoms. The SMILES string of the molecule is CCC1(CC)CCN(C(=O)c2ccccc2I)C1. The van der Waals surface area contributed by atoms with Crippen LogP contribution in [0.1, 0.15) is 43.5 Å². The highest BCUT2D eigenvalue weighted by Crippen LogP contribution is 2.37. The van der Waals surface area contributed by atoms with Gasteiger partial charge < -0.3 is 4.90 Å². The Bertz CT molecular complexity index is 440. The van der Waals surface area contributed by atoms with Crippen LogP contribution in [-0.2, 0) is 0 Å². The summed E-state index contributed by atoms with van der Waals surface area (Å²) in [5.74, 6) is 0.198. The van der Waals surface area contributed by atoms with E-state index in [1.165, 1.54) is 12.8 Å². The zero-order chi connectivity index (χ0) is 13.2. The van der Waals surface area contributed by atoms with Crippen molar-refractivity contribution in [1.29, 1.82) is 0 Å². The van der Waals surface area contributed by atoms with E-state index in [1.54, 1.807) is 0 Å². The van der Waals surface area contributed by atoms with E-state index in [1.807, 2.05) is 29.2 Å². The van der Waals surface area contributed by atoms with E-state index in [2.05, 4.69) is 36.4 Å². The van der Waals surface area contributed by atoms with E-state index in [9.17, 15) is 4.79 Å². The standard InChI is InChI=1S/C15H20INO/c1-3-15(4-2)9-10-17(11-15)14(18)12-7-5-6-8-13(12)16/h5-8H,3-4,9-11H2,1-2H3. The lowest BCUT2D eigenvalue weighted by molar-refractivity contribution is 0.0769. The van der Waals surface area contributed by atoms with Crippen LogP contribution in [0.15, 0.2) is 24.3 Å². The molecule has 0 aromatic heterocycles. The topological polar surface area (TPSA) is 20.3 Å². The van der Waals surface area contributed by atoms with Crippen molar-refractivity contribution in [3.05, 3.63) is 33.4 Å². The Morgan fingerprint density at radius 2 is 2.00 bits per heavy atom. The first-order valence-electron chi connectivity index (χ1n) is 6.65. The molecule has 2 nitrogen and oxygen atoms in total. The molecule has 0 spiro atoms. The van der Waals surface area contributed by atoms with Crippen molar-refractivity contribution in [3.8, 4) is 0 Å². The van der Waals surface area contributed by atoms with Crippen LogP contribution in [0.2, 0.25) is 0 Å². The summed E-state index contributed by atoms with van der Waals surface area (Å²) < 4.78 is 1.05. The van der Waals surface area contributed by atoms with Crippen molar-refractivity contribution in [1.82, 2.24) is 4.90 Å². The molecule has 18 heavy (non-hydrogen) atoms. The predicted molar refractivity (Wildman–Crippen MR) is 82.7 cm³/mol. The van der Waals surface area contributed by atoms with Crippen molar-refractivity contribution in [2.75, 3.05) is 13.1 Å². The molecule has 0 atom stereocenters. The minimum absolute atomic E-state index is 0.198. The fraction of sp³-hybridized carbons (Fsp3) is 0.533. The number of amides is 1. The summed E-state index contributed by atoms with van der Waals surface area (Å²) in [6.07, 6.45) is 3.48. The molecule has 0 N–H and O–H groups in total. The van der Waals surface area contributed by atoms with Gasteiger partial charge >= 0.3 is 0 Å². The molecule has 1 amide bonds. The zero-order valence-electron chi connectivity index (χ0n) is 11.1. The average Bonchev–Trinajstić information content (AvgIpc) is 2.84. The minimum atomic E-state index is 0.198. The van der Waals surface area contributed by atoms with Crippen LogP contribution >= 0.6 is 22.6 Å². The van der Waals surface area contributed by atoms with Crippen LogP contribution in [0.4, 0.5) is 0 Å². The van der Waals surface area contributed by atoms with Gasteiger partial charge in [0.15, 0.2) is 0 Å². The van der Waals surface area contributed by atoms with Crippen LogP contribution in [0.3, 0.4) is 0 Å². The highest BCUT2D eigenvalue weighted by Gasteiger charge is 2.37. The monoisotopic (exact) mass is 357 g/mol. The number of hydrogen-bond donors (Lipinski definition) is 0. The van der Waals surface area contributed by atoms with E-state index >= 15 is 0 Å². The normalized spacial score (nSPS) is 18.1. The number of carbonyl (C=O) groups excluding carboxylic acids is 1. The summed E-state index contributed by atoms with van der Waals surface area (Å²) in [7, 11) is 0. The van der Waals surface area contributed by atoms with Gasteiger partial charge in [0.1, 0.15) is 0 Å². The van der Waals surface area contributed by atoms with Gasteiger partial charge in [-0.25, -0.2) is 0 Å². The number of rotatable bonds is 3. The molecule has 2 rings (SSSR count). The molecule has 98 valence electrons. The van der Waals surface area contributed by atoms with E-state index in [4.69, 9.17) is 0 Å². The molecule has 0 unspecified atom stereocenters. The second-order valence-electron chi connectivity index (χ2n) is 5.16.